The Kier molecular flexibility index (Phi) is 2.56. The van der Waals surface area contributed by atoms with Crippen LogP contribution in [-0.4, -0.2) is 4.83 Å². The Hall–Kier alpha value is 0.180. The standard InChI is InChI=1S/C10H10Br2/c11-8-5-7-3-1-2-4-9(7)10(12)6-8/h1-4,8,10H,5-6H2. The lowest BCUT2D eigenvalue weighted by Gasteiger charge is -2.24. The van der Waals surface area contributed by atoms with Crippen molar-refractivity contribution in [2.75, 3.05) is 0 Å². The molecule has 2 heteroatoms. The maximum atomic E-state index is 3.70. The summed E-state index contributed by atoms with van der Waals surface area (Å²) in [5.41, 5.74) is 2.95. The van der Waals surface area contributed by atoms with Crippen molar-refractivity contribution in [3.8, 4) is 0 Å². The first-order valence-electron chi connectivity index (χ1n) is 4.13. The van der Waals surface area contributed by atoms with Crippen LogP contribution in [0.15, 0.2) is 24.3 Å². The van der Waals surface area contributed by atoms with E-state index in [1.165, 1.54) is 17.5 Å². The summed E-state index contributed by atoms with van der Waals surface area (Å²) in [5, 5.41) is 0. The number of alkyl halides is 2. The lowest BCUT2D eigenvalue weighted by atomic mass is 9.92. The summed E-state index contributed by atoms with van der Waals surface area (Å²) in [6, 6.07) is 8.66. The summed E-state index contributed by atoms with van der Waals surface area (Å²) in [6.07, 6.45) is 2.36. The van der Waals surface area contributed by atoms with Crippen molar-refractivity contribution in [2.45, 2.75) is 22.5 Å². The van der Waals surface area contributed by atoms with Crippen LogP contribution in [0.5, 0.6) is 0 Å². The molecule has 0 bridgehead atoms. The van der Waals surface area contributed by atoms with Crippen LogP contribution in [0.25, 0.3) is 0 Å². The minimum atomic E-state index is 0.534. The van der Waals surface area contributed by atoms with Gasteiger partial charge in [0.25, 0.3) is 0 Å². The molecule has 0 N–H and O–H groups in total. The lowest BCUT2D eigenvalue weighted by Crippen LogP contribution is -2.14. The molecule has 0 nitrogen and oxygen atoms in total. The van der Waals surface area contributed by atoms with E-state index in [0.29, 0.717) is 9.65 Å². The van der Waals surface area contributed by atoms with Gasteiger partial charge in [0.2, 0.25) is 0 Å². The van der Waals surface area contributed by atoms with Crippen LogP contribution in [0.1, 0.15) is 22.4 Å². The van der Waals surface area contributed by atoms with Crippen LogP contribution < -0.4 is 0 Å². The molecule has 1 aliphatic rings. The summed E-state index contributed by atoms with van der Waals surface area (Å²) >= 11 is 7.37. The Balaban J connectivity index is 2.40. The molecule has 0 aromatic heterocycles. The molecule has 1 aliphatic carbocycles. The quantitative estimate of drug-likeness (QED) is 0.637. The van der Waals surface area contributed by atoms with Crippen LogP contribution in [-0.2, 0) is 6.42 Å². The molecule has 0 heterocycles. The summed E-state index contributed by atoms with van der Waals surface area (Å²) in [7, 11) is 0. The second-order valence-electron chi connectivity index (χ2n) is 3.20. The highest BCUT2D eigenvalue weighted by Crippen LogP contribution is 2.38. The van der Waals surface area contributed by atoms with E-state index in [1.54, 1.807) is 0 Å². The smallest absolute Gasteiger partial charge is 0.0408 e. The van der Waals surface area contributed by atoms with Crippen LogP contribution >= 0.6 is 31.9 Å². The van der Waals surface area contributed by atoms with Crippen LogP contribution in [0, 0.1) is 0 Å². The zero-order valence-corrected chi connectivity index (χ0v) is 9.81. The first kappa shape index (κ1) is 8.76. The van der Waals surface area contributed by atoms with E-state index in [9.17, 15) is 0 Å². The predicted octanol–water partition coefficient (Wildman–Crippen LogP) is 3.83. The number of rotatable bonds is 0. The molecule has 0 fully saturated rings. The Morgan fingerprint density at radius 3 is 2.75 bits per heavy atom. The van der Waals surface area contributed by atoms with E-state index in [4.69, 9.17) is 0 Å². The molecule has 2 atom stereocenters. The highest BCUT2D eigenvalue weighted by atomic mass is 79.9. The van der Waals surface area contributed by atoms with Gasteiger partial charge in [0.1, 0.15) is 0 Å². The Morgan fingerprint density at radius 2 is 1.92 bits per heavy atom. The van der Waals surface area contributed by atoms with E-state index in [-0.39, 0.29) is 0 Å². The van der Waals surface area contributed by atoms with Crippen molar-refractivity contribution in [1.29, 1.82) is 0 Å². The van der Waals surface area contributed by atoms with Gasteiger partial charge in [-0.3, -0.25) is 0 Å². The van der Waals surface area contributed by atoms with Gasteiger partial charge in [0, 0.05) is 9.65 Å². The normalized spacial score (nSPS) is 28.2. The van der Waals surface area contributed by atoms with E-state index in [0.717, 1.165) is 6.42 Å². The van der Waals surface area contributed by atoms with Crippen LogP contribution in [0.2, 0.25) is 0 Å². The molecule has 0 aliphatic heterocycles. The fourth-order valence-corrected chi connectivity index (χ4v) is 3.82. The fourth-order valence-electron chi connectivity index (χ4n) is 1.70. The predicted molar refractivity (Wildman–Crippen MR) is 59.1 cm³/mol. The molecule has 64 valence electrons. The van der Waals surface area contributed by atoms with E-state index in [1.807, 2.05) is 0 Å². The van der Waals surface area contributed by atoms with Gasteiger partial charge in [-0.05, 0) is 24.0 Å². The Bertz CT molecular complexity index is 283. The summed E-state index contributed by atoms with van der Waals surface area (Å²) in [4.78, 5) is 1.17. The molecular formula is C10H10Br2. The van der Waals surface area contributed by atoms with Gasteiger partial charge >= 0.3 is 0 Å². The molecule has 0 saturated carbocycles. The van der Waals surface area contributed by atoms with Gasteiger partial charge < -0.3 is 0 Å². The average Bonchev–Trinajstić information content (AvgIpc) is 2.04. The zero-order chi connectivity index (χ0) is 8.55. The Labute approximate surface area is 89.6 Å². The van der Waals surface area contributed by atoms with Crippen molar-refractivity contribution < 1.29 is 0 Å². The number of hydrogen-bond acceptors (Lipinski definition) is 0. The third-order valence-electron chi connectivity index (χ3n) is 2.30. The molecule has 0 amide bonds. The second kappa shape index (κ2) is 3.51. The maximum absolute atomic E-state index is 3.70. The lowest BCUT2D eigenvalue weighted by molar-refractivity contribution is 0.707. The highest BCUT2D eigenvalue weighted by molar-refractivity contribution is 9.10. The molecule has 1 aromatic carbocycles. The van der Waals surface area contributed by atoms with Gasteiger partial charge in [-0.15, -0.1) is 0 Å². The molecule has 2 rings (SSSR count). The minimum Gasteiger partial charge on any atom is -0.0887 e. The molecular weight excluding hydrogens is 280 g/mol. The molecule has 2 unspecified atom stereocenters. The highest BCUT2D eigenvalue weighted by Gasteiger charge is 2.22. The Morgan fingerprint density at radius 1 is 1.17 bits per heavy atom. The van der Waals surface area contributed by atoms with E-state index >= 15 is 0 Å². The molecule has 0 spiro atoms. The van der Waals surface area contributed by atoms with Gasteiger partial charge in [-0.25, -0.2) is 0 Å². The zero-order valence-electron chi connectivity index (χ0n) is 6.63. The van der Waals surface area contributed by atoms with Crippen molar-refractivity contribution in [3.63, 3.8) is 0 Å². The summed E-state index contributed by atoms with van der Waals surface area (Å²) < 4.78 is 0. The van der Waals surface area contributed by atoms with Gasteiger partial charge in [-0.2, -0.15) is 0 Å². The largest absolute Gasteiger partial charge is 0.0887 e. The molecule has 0 saturated heterocycles. The SMILES string of the molecule is BrC1Cc2ccccc2C(Br)C1. The molecule has 12 heavy (non-hydrogen) atoms. The topological polar surface area (TPSA) is 0 Å². The molecule has 0 radical (unpaired) electrons. The van der Waals surface area contributed by atoms with Gasteiger partial charge in [-0.1, -0.05) is 56.1 Å². The van der Waals surface area contributed by atoms with Crippen molar-refractivity contribution in [3.05, 3.63) is 35.4 Å². The number of hydrogen-bond donors (Lipinski definition) is 0. The number of fused-ring (bicyclic) bond motifs is 1. The van der Waals surface area contributed by atoms with Gasteiger partial charge in [0.05, 0.1) is 0 Å². The maximum Gasteiger partial charge on any atom is 0.0408 e. The number of halogens is 2. The number of benzene rings is 1. The third kappa shape index (κ3) is 1.60. The van der Waals surface area contributed by atoms with Crippen molar-refractivity contribution in [2.24, 2.45) is 0 Å². The van der Waals surface area contributed by atoms with E-state index < -0.39 is 0 Å². The van der Waals surface area contributed by atoms with Crippen LogP contribution in [0.3, 0.4) is 0 Å². The first-order valence-corrected chi connectivity index (χ1v) is 5.96. The summed E-state index contributed by atoms with van der Waals surface area (Å²) in [6.45, 7) is 0. The fraction of sp³-hybridized carbons (Fsp3) is 0.400. The summed E-state index contributed by atoms with van der Waals surface area (Å²) in [5.74, 6) is 0. The van der Waals surface area contributed by atoms with Crippen LogP contribution in [0.4, 0.5) is 0 Å². The first-order chi connectivity index (χ1) is 5.77. The second-order valence-corrected chi connectivity index (χ2v) is 5.60. The molecule has 1 aromatic rings. The van der Waals surface area contributed by atoms with E-state index in [2.05, 4.69) is 56.1 Å². The van der Waals surface area contributed by atoms with Crippen molar-refractivity contribution >= 4 is 31.9 Å². The average molecular weight is 290 g/mol. The monoisotopic (exact) mass is 288 g/mol. The van der Waals surface area contributed by atoms with Crippen molar-refractivity contribution in [1.82, 2.24) is 0 Å². The third-order valence-corrected chi connectivity index (χ3v) is 3.86. The minimum absolute atomic E-state index is 0.534. The van der Waals surface area contributed by atoms with Gasteiger partial charge in [0.15, 0.2) is 0 Å².